The van der Waals surface area contributed by atoms with Crippen molar-refractivity contribution in [1.82, 2.24) is 0 Å². The number of alkyl halides is 6. The van der Waals surface area contributed by atoms with Gasteiger partial charge >= 0.3 is 31.8 Å². The first kappa shape index (κ1) is 32.8. The van der Waals surface area contributed by atoms with Gasteiger partial charge in [0.15, 0.2) is 0 Å². The third-order valence-corrected chi connectivity index (χ3v) is 5.23. The maximum absolute atomic E-state index is 12.6. The topological polar surface area (TPSA) is 104 Å². The van der Waals surface area contributed by atoms with Crippen molar-refractivity contribution in [2.24, 2.45) is 0 Å². The fraction of sp³-hybridized carbons (Fsp3) is 0.0714. The van der Waals surface area contributed by atoms with Crippen LogP contribution in [0.3, 0.4) is 0 Å². The normalized spacial score (nSPS) is 10.9. The molecule has 0 heterocycles. The van der Waals surface area contributed by atoms with Gasteiger partial charge in [-0.15, -0.1) is 0 Å². The van der Waals surface area contributed by atoms with Crippen molar-refractivity contribution in [3.8, 4) is 0 Å². The number of halogens is 6. The molecule has 2 N–H and O–H groups in total. The SMILES string of the molecule is O=C([O-])c1ccccc1Nc1cccc(C(F)(F)F)c1.O=C([O-])c1ccccc1Nc1cccc(C(F)(F)F)c1.[Zn+2]. The van der Waals surface area contributed by atoms with Gasteiger partial charge < -0.3 is 30.4 Å². The van der Waals surface area contributed by atoms with Gasteiger partial charge in [-0.25, -0.2) is 0 Å². The molecule has 0 aromatic heterocycles. The minimum absolute atomic E-state index is 0. The number of benzene rings is 4. The first-order valence-electron chi connectivity index (χ1n) is 11.2. The van der Waals surface area contributed by atoms with E-state index in [9.17, 15) is 46.1 Å². The standard InChI is InChI=1S/2C14H10F3NO2.Zn/c2*15-14(16,17)9-4-3-5-10(8-9)18-12-7-2-1-6-11(12)13(19)20;/h2*1-8,18H,(H,19,20);/q;;+2/p-2. The summed E-state index contributed by atoms with van der Waals surface area (Å²) in [6.07, 6.45) is -8.91. The van der Waals surface area contributed by atoms with Gasteiger partial charge in [0.1, 0.15) is 0 Å². The van der Waals surface area contributed by atoms with Gasteiger partial charge in [0.2, 0.25) is 0 Å². The summed E-state index contributed by atoms with van der Waals surface area (Å²) in [5.41, 5.74) is -1.22. The Hall–Kier alpha value is -4.38. The molecule has 0 bridgehead atoms. The van der Waals surface area contributed by atoms with Crippen LogP contribution in [0.4, 0.5) is 49.1 Å². The summed E-state index contributed by atoms with van der Waals surface area (Å²) in [4.78, 5) is 21.8. The second-order valence-electron chi connectivity index (χ2n) is 8.07. The summed E-state index contributed by atoms with van der Waals surface area (Å²) >= 11 is 0. The van der Waals surface area contributed by atoms with E-state index < -0.39 is 35.4 Å². The van der Waals surface area contributed by atoms with Crippen molar-refractivity contribution in [3.63, 3.8) is 0 Å². The molecule has 0 aliphatic heterocycles. The number of hydrogen-bond acceptors (Lipinski definition) is 6. The van der Waals surface area contributed by atoms with Crippen molar-refractivity contribution in [1.29, 1.82) is 0 Å². The second kappa shape index (κ2) is 13.8. The Bertz CT molecular complexity index is 1400. The van der Waals surface area contributed by atoms with E-state index >= 15 is 0 Å². The molecule has 41 heavy (non-hydrogen) atoms. The van der Waals surface area contributed by atoms with Crippen LogP contribution >= 0.6 is 0 Å². The van der Waals surface area contributed by atoms with E-state index in [1.165, 1.54) is 60.7 Å². The summed E-state index contributed by atoms with van der Waals surface area (Å²) in [5, 5.41) is 27.1. The molecule has 0 spiro atoms. The average Bonchev–Trinajstić information content (AvgIpc) is 2.89. The van der Waals surface area contributed by atoms with E-state index in [-0.39, 0.29) is 53.4 Å². The zero-order valence-electron chi connectivity index (χ0n) is 20.8. The van der Waals surface area contributed by atoms with Crippen LogP contribution < -0.4 is 20.8 Å². The number of carboxylic acids is 2. The molecule has 0 saturated heterocycles. The molecule has 0 aliphatic rings. The number of rotatable bonds is 6. The number of carboxylic acid groups (broad SMARTS) is 2. The first-order chi connectivity index (χ1) is 18.8. The quantitative estimate of drug-likeness (QED) is 0.213. The van der Waals surface area contributed by atoms with Crippen LogP contribution in [0, 0.1) is 0 Å². The molecule has 0 atom stereocenters. The summed E-state index contributed by atoms with van der Waals surface area (Å²) in [6.45, 7) is 0. The third kappa shape index (κ3) is 9.35. The molecule has 208 valence electrons. The molecule has 0 saturated carbocycles. The molecular weight excluding hydrogens is 608 g/mol. The van der Waals surface area contributed by atoms with Crippen LogP contribution in [0.15, 0.2) is 97.1 Å². The Morgan fingerprint density at radius 1 is 0.537 bits per heavy atom. The van der Waals surface area contributed by atoms with Gasteiger partial charge in [0.25, 0.3) is 0 Å². The van der Waals surface area contributed by atoms with Crippen molar-refractivity contribution < 1.29 is 65.6 Å². The number of anilines is 4. The van der Waals surface area contributed by atoms with Crippen LogP contribution in [0.1, 0.15) is 31.8 Å². The third-order valence-electron chi connectivity index (χ3n) is 5.23. The summed E-state index contributed by atoms with van der Waals surface area (Å²) < 4.78 is 75.5. The molecule has 0 aliphatic carbocycles. The van der Waals surface area contributed by atoms with Crippen LogP contribution in [0.25, 0.3) is 0 Å². The van der Waals surface area contributed by atoms with Crippen molar-refractivity contribution in [2.75, 3.05) is 10.6 Å². The molecule has 0 unspecified atom stereocenters. The average molecular weight is 626 g/mol. The van der Waals surface area contributed by atoms with Crippen LogP contribution in [-0.2, 0) is 31.8 Å². The summed E-state index contributed by atoms with van der Waals surface area (Å²) in [5.74, 6) is -2.81. The molecule has 0 radical (unpaired) electrons. The maximum atomic E-state index is 12.6. The number of para-hydroxylation sites is 2. The largest absolute Gasteiger partial charge is 2.00 e. The Balaban J connectivity index is 0.000000280. The van der Waals surface area contributed by atoms with E-state index in [0.717, 1.165) is 24.3 Å². The Kier molecular flexibility index (Phi) is 11.1. The summed E-state index contributed by atoms with van der Waals surface area (Å²) in [7, 11) is 0. The van der Waals surface area contributed by atoms with E-state index in [1.807, 2.05) is 0 Å². The van der Waals surface area contributed by atoms with Gasteiger partial charge in [0.05, 0.1) is 23.1 Å². The Labute approximate surface area is 242 Å². The molecule has 4 rings (SSSR count). The van der Waals surface area contributed by atoms with Gasteiger partial charge in [-0.3, -0.25) is 0 Å². The van der Waals surface area contributed by atoms with E-state index in [2.05, 4.69) is 10.6 Å². The zero-order chi connectivity index (χ0) is 29.5. The van der Waals surface area contributed by atoms with Crippen LogP contribution in [0.2, 0.25) is 0 Å². The maximum Gasteiger partial charge on any atom is 2.00 e. The predicted octanol–water partition coefficient (Wildman–Crippen LogP) is 5.62. The molecule has 6 nitrogen and oxygen atoms in total. The monoisotopic (exact) mass is 624 g/mol. The second-order valence-corrected chi connectivity index (χ2v) is 8.07. The van der Waals surface area contributed by atoms with Gasteiger partial charge in [-0.05, 0) is 48.5 Å². The fourth-order valence-corrected chi connectivity index (χ4v) is 3.40. The Morgan fingerprint density at radius 2 is 0.878 bits per heavy atom. The van der Waals surface area contributed by atoms with Crippen LogP contribution in [-0.4, -0.2) is 11.9 Å². The van der Waals surface area contributed by atoms with E-state index in [1.54, 1.807) is 12.1 Å². The number of hydrogen-bond donors (Lipinski definition) is 2. The van der Waals surface area contributed by atoms with Gasteiger partial charge in [-0.2, -0.15) is 26.3 Å². The van der Waals surface area contributed by atoms with E-state index in [4.69, 9.17) is 0 Å². The molecule has 0 fully saturated rings. The predicted molar refractivity (Wildman–Crippen MR) is 131 cm³/mol. The molecular formula is C28H18F6N2O4Zn. The van der Waals surface area contributed by atoms with Gasteiger partial charge in [-0.1, -0.05) is 48.5 Å². The molecule has 4 aromatic carbocycles. The number of carbonyl (C=O) groups excluding carboxylic acids is 2. The van der Waals surface area contributed by atoms with Crippen molar-refractivity contribution >= 4 is 34.7 Å². The molecule has 4 aromatic rings. The number of carbonyl (C=O) groups is 2. The minimum Gasteiger partial charge on any atom is -0.545 e. The smallest absolute Gasteiger partial charge is 0.545 e. The van der Waals surface area contributed by atoms with Crippen LogP contribution in [0.5, 0.6) is 0 Å². The molecule has 0 amide bonds. The van der Waals surface area contributed by atoms with E-state index in [0.29, 0.717) is 0 Å². The molecule has 13 heteroatoms. The van der Waals surface area contributed by atoms with Gasteiger partial charge in [0, 0.05) is 33.9 Å². The number of nitrogens with one attached hydrogen (secondary N) is 2. The zero-order valence-corrected chi connectivity index (χ0v) is 23.8. The Morgan fingerprint density at radius 3 is 1.20 bits per heavy atom. The van der Waals surface area contributed by atoms with Crippen molar-refractivity contribution in [2.45, 2.75) is 12.4 Å². The fourth-order valence-electron chi connectivity index (χ4n) is 3.40. The summed E-state index contributed by atoms with van der Waals surface area (Å²) in [6, 6.07) is 20.7. The number of aromatic carboxylic acids is 2. The minimum atomic E-state index is -4.45. The van der Waals surface area contributed by atoms with Crippen molar-refractivity contribution in [3.05, 3.63) is 119 Å². The first-order valence-corrected chi connectivity index (χ1v) is 11.2.